The minimum absolute atomic E-state index is 0.0822. The maximum Gasteiger partial charge on any atom is 0.303 e. The van der Waals surface area contributed by atoms with Crippen molar-refractivity contribution in [3.05, 3.63) is 18.1 Å². The first-order valence-corrected chi connectivity index (χ1v) is 7.09. The number of nitrogens with two attached hydrogens (primary N) is 1. The maximum absolute atomic E-state index is 11.3. The van der Waals surface area contributed by atoms with Crippen LogP contribution in [-0.2, 0) is 4.79 Å². The van der Waals surface area contributed by atoms with E-state index < -0.39 is 11.9 Å². The van der Waals surface area contributed by atoms with E-state index in [1.165, 1.54) is 12.4 Å². The zero-order valence-electron chi connectivity index (χ0n) is 11.8. The van der Waals surface area contributed by atoms with Crippen LogP contribution in [-0.4, -0.2) is 33.5 Å². The number of aromatic nitrogens is 2. The summed E-state index contributed by atoms with van der Waals surface area (Å²) in [7, 11) is 0. The molecule has 1 aromatic rings. The Bertz CT molecular complexity index is 527. The van der Waals surface area contributed by atoms with Crippen LogP contribution in [0.2, 0.25) is 0 Å². The molecule has 1 aromatic heterocycles. The Balaban J connectivity index is 2.11. The molecular weight excluding hydrogens is 272 g/mol. The predicted octanol–water partition coefficient (Wildman–Crippen LogP) is 1.41. The Kier molecular flexibility index (Phi) is 4.72. The molecule has 0 atom stereocenters. The van der Waals surface area contributed by atoms with E-state index in [1.807, 2.05) is 0 Å². The van der Waals surface area contributed by atoms with E-state index in [9.17, 15) is 9.59 Å². The number of anilines is 1. The topological polar surface area (TPSA) is 118 Å². The number of aliphatic carboxylic acids is 1. The lowest BCUT2D eigenvalue weighted by Crippen LogP contribution is -2.35. The predicted molar refractivity (Wildman–Crippen MR) is 76.8 cm³/mol. The van der Waals surface area contributed by atoms with Gasteiger partial charge in [0.15, 0.2) is 11.5 Å². The maximum atomic E-state index is 11.3. The molecular formula is C14H20N4O3. The average Bonchev–Trinajstić information content (AvgIpc) is 2.46. The molecule has 0 spiro atoms. The van der Waals surface area contributed by atoms with Crippen LogP contribution in [0.5, 0.6) is 0 Å². The number of nitrogens with zero attached hydrogens (tertiary/aromatic N) is 2. The standard InChI is InChI=1S/C14H20N4O3/c15-12(21)11-13(17-7-6-16-11)18-9-14(8-10(19)20)4-2-1-3-5-14/h6-7H,1-5,8-9H2,(H2,15,21)(H,17,18)(H,19,20). The Labute approximate surface area is 123 Å². The van der Waals surface area contributed by atoms with E-state index in [1.54, 1.807) is 0 Å². The quantitative estimate of drug-likeness (QED) is 0.729. The molecule has 0 bridgehead atoms. The third kappa shape index (κ3) is 3.90. The lowest BCUT2D eigenvalue weighted by atomic mass is 9.71. The molecule has 1 saturated carbocycles. The van der Waals surface area contributed by atoms with Crippen molar-refractivity contribution in [2.24, 2.45) is 11.1 Å². The van der Waals surface area contributed by atoms with Crippen molar-refractivity contribution in [3.8, 4) is 0 Å². The fourth-order valence-electron chi connectivity index (χ4n) is 2.96. The summed E-state index contributed by atoms with van der Waals surface area (Å²) in [5, 5.41) is 12.2. The van der Waals surface area contributed by atoms with Crippen molar-refractivity contribution in [2.45, 2.75) is 38.5 Å². The third-order valence-corrected chi connectivity index (χ3v) is 4.00. The highest BCUT2D eigenvalue weighted by Gasteiger charge is 2.34. The Morgan fingerprint density at radius 3 is 2.52 bits per heavy atom. The van der Waals surface area contributed by atoms with Gasteiger partial charge in [0.05, 0.1) is 6.42 Å². The monoisotopic (exact) mass is 292 g/mol. The molecule has 7 heteroatoms. The highest BCUT2D eigenvalue weighted by atomic mass is 16.4. The smallest absolute Gasteiger partial charge is 0.303 e. The second-order valence-corrected chi connectivity index (χ2v) is 5.60. The molecule has 21 heavy (non-hydrogen) atoms. The molecule has 0 radical (unpaired) electrons. The second kappa shape index (κ2) is 6.51. The molecule has 114 valence electrons. The Morgan fingerprint density at radius 2 is 1.90 bits per heavy atom. The summed E-state index contributed by atoms with van der Waals surface area (Å²) in [6.07, 6.45) is 7.90. The fraction of sp³-hybridized carbons (Fsp3) is 0.571. The summed E-state index contributed by atoms with van der Waals surface area (Å²) >= 11 is 0. The summed E-state index contributed by atoms with van der Waals surface area (Å²) < 4.78 is 0. The number of nitrogens with one attached hydrogen (secondary N) is 1. The number of rotatable bonds is 6. The van der Waals surface area contributed by atoms with Crippen molar-refractivity contribution < 1.29 is 14.7 Å². The van der Waals surface area contributed by atoms with Crippen molar-refractivity contribution >= 4 is 17.7 Å². The van der Waals surface area contributed by atoms with Gasteiger partial charge in [0.25, 0.3) is 5.91 Å². The summed E-state index contributed by atoms with van der Waals surface area (Å²) in [5.74, 6) is -1.13. The number of carbonyl (C=O) groups is 2. The minimum Gasteiger partial charge on any atom is -0.481 e. The van der Waals surface area contributed by atoms with Gasteiger partial charge in [-0.2, -0.15) is 0 Å². The first-order valence-electron chi connectivity index (χ1n) is 7.09. The molecule has 1 aliphatic rings. The number of hydrogen-bond acceptors (Lipinski definition) is 5. The number of carboxylic acids is 1. The van der Waals surface area contributed by atoms with E-state index in [0.29, 0.717) is 12.4 Å². The number of carboxylic acid groups (broad SMARTS) is 1. The van der Waals surface area contributed by atoms with Gasteiger partial charge in [-0.15, -0.1) is 0 Å². The lowest BCUT2D eigenvalue weighted by Gasteiger charge is -2.36. The van der Waals surface area contributed by atoms with Gasteiger partial charge in [-0.05, 0) is 18.3 Å². The van der Waals surface area contributed by atoms with E-state index in [4.69, 9.17) is 10.8 Å². The second-order valence-electron chi connectivity index (χ2n) is 5.60. The van der Waals surface area contributed by atoms with Crippen molar-refractivity contribution in [1.82, 2.24) is 9.97 Å². The Morgan fingerprint density at radius 1 is 1.24 bits per heavy atom. The largest absolute Gasteiger partial charge is 0.481 e. The third-order valence-electron chi connectivity index (χ3n) is 4.00. The summed E-state index contributed by atoms with van der Waals surface area (Å²) in [6.45, 7) is 0.457. The average molecular weight is 292 g/mol. The molecule has 0 aliphatic heterocycles. The van der Waals surface area contributed by atoms with Crippen LogP contribution < -0.4 is 11.1 Å². The van der Waals surface area contributed by atoms with Crippen LogP contribution in [0.1, 0.15) is 49.0 Å². The van der Waals surface area contributed by atoms with Crippen molar-refractivity contribution in [1.29, 1.82) is 0 Å². The zero-order chi connectivity index (χ0) is 15.3. The van der Waals surface area contributed by atoms with Gasteiger partial charge >= 0.3 is 5.97 Å². The number of carbonyl (C=O) groups excluding carboxylic acids is 1. The summed E-state index contributed by atoms with van der Waals surface area (Å²) in [5.41, 5.74) is 5.05. The van der Waals surface area contributed by atoms with E-state index >= 15 is 0 Å². The van der Waals surface area contributed by atoms with Crippen LogP contribution >= 0.6 is 0 Å². The zero-order valence-corrected chi connectivity index (χ0v) is 11.8. The number of hydrogen-bond donors (Lipinski definition) is 3. The van der Waals surface area contributed by atoms with Crippen LogP contribution in [0.25, 0.3) is 0 Å². The molecule has 7 nitrogen and oxygen atoms in total. The van der Waals surface area contributed by atoms with Crippen molar-refractivity contribution in [3.63, 3.8) is 0 Å². The highest BCUT2D eigenvalue weighted by Crippen LogP contribution is 2.39. The first-order chi connectivity index (χ1) is 10.0. The molecule has 1 amide bonds. The fourth-order valence-corrected chi connectivity index (χ4v) is 2.96. The molecule has 4 N–H and O–H groups in total. The minimum atomic E-state index is -0.798. The summed E-state index contributed by atoms with van der Waals surface area (Å²) in [6, 6.07) is 0. The van der Waals surface area contributed by atoms with Crippen LogP contribution in [0, 0.1) is 5.41 Å². The van der Waals surface area contributed by atoms with Crippen LogP contribution in [0.3, 0.4) is 0 Å². The van der Waals surface area contributed by atoms with Gasteiger partial charge in [-0.3, -0.25) is 9.59 Å². The van der Waals surface area contributed by atoms with Gasteiger partial charge < -0.3 is 16.2 Å². The van der Waals surface area contributed by atoms with Gasteiger partial charge in [-0.1, -0.05) is 19.3 Å². The molecule has 1 heterocycles. The van der Waals surface area contributed by atoms with E-state index in [2.05, 4.69) is 15.3 Å². The van der Waals surface area contributed by atoms with E-state index in [0.717, 1.165) is 32.1 Å². The number of primary amides is 1. The first kappa shape index (κ1) is 15.2. The molecule has 0 aromatic carbocycles. The van der Waals surface area contributed by atoms with Gasteiger partial charge in [0, 0.05) is 18.9 Å². The van der Waals surface area contributed by atoms with Gasteiger partial charge in [0.1, 0.15) is 0 Å². The van der Waals surface area contributed by atoms with Gasteiger partial charge in [0.2, 0.25) is 0 Å². The van der Waals surface area contributed by atoms with Gasteiger partial charge in [-0.25, -0.2) is 9.97 Å². The van der Waals surface area contributed by atoms with Crippen molar-refractivity contribution in [2.75, 3.05) is 11.9 Å². The van der Waals surface area contributed by atoms with Crippen LogP contribution in [0.15, 0.2) is 12.4 Å². The highest BCUT2D eigenvalue weighted by molar-refractivity contribution is 5.95. The SMILES string of the molecule is NC(=O)c1nccnc1NCC1(CC(=O)O)CCCCC1. The molecule has 2 rings (SSSR count). The number of amides is 1. The Hall–Kier alpha value is -2.18. The molecule has 0 saturated heterocycles. The molecule has 0 unspecified atom stereocenters. The molecule has 1 aliphatic carbocycles. The van der Waals surface area contributed by atoms with E-state index in [-0.39, 0.29) is 17.5 Å². The lowest BCUT2D eigenvalue weighted by molar-refractivity contribution is -0.140. The summed E-state index contributed by atoms with van der Waals surface area (Å²) in [4.78, 5) is 30.4. The normalized spacial score (nSPS) is 17.1. The van der Waals surface area contributed by atoms with Crippen LogP contribution in [0.4, 0.5) is 5.82 Å². The molecule has 1 fully saturated rings.